The molecule has 0 radical (unpaired) electrons. The maximum atomic E-state index is 11.9. The van der Waals surface area contributed by atoms with Crippen molar-refractivity contribution in [2.45, 2.75) is 37.8 Å². The summed E-state index contributed by atoms with van der Waals surface area (Å²) in [4.78, 5) is 23.0. The van der Waals surface area contributed by atoms with Gasteiger partial charge in [-0.25, -0.2) is 9.59 Å². The van der Waals surface area contributed by atoms with E-state index in [-0.39, 0.29) is 18.0 Å². The van der Waals surface area contributed by atoms with Crippen molar-refractivity contribution in [2.24, 2.45) is 5.92 Å². The second kappa shape index (κ2) is 5.15. The molecule has 1 unspecified atom stereocenters. The molecule has 5 nitrogen and oxygen atoms in total. The van der Waals surface area contributed by atoms with Crippen LogP contribution in [0.25, 0.3) is 0 Å². The van der Waals surface area contributed by atoms with Crippen LogP contribution >= 0.6 is 0 Å². The van der Waals surface area contributed by atoms with E-state index in [9.17, 15) is 9.59 Å². The molecule has 0 bridgehead atoms. The lowest BCUT2D eigenvalue weighted by atomic mass is 10.1. The molecule has 0 saturated heterocycles. The van der Waals surface area contributed by atoms with E-state index >= 15 is 0 Å². The molecule has 0 heterocycles. The first kappa shape index (κ1) is 13.0. The average molecular weight is 274 g/mol. The molecule has 0 aromatic heterocycles. The van der Waals surface area contributed by atoms with Crippen LogP contribution in [0.4, 0.5) is 4.79 Å². The van der Waals surface area contributed by atoms with E-state index in [2.05, 4.69) is 22.8 Å². The Bertz CT molecular complexity index is 515. The van der Waals surface area contributed by atoms with Crippen molar-refractivity contribution in [3.63, 3.8) is 0 Å². The van der Waals surface area contributed by atoms with Crippen molar-refractivity contribution in [1.82, 2.24) is 10.6 Å². The highest BCUT2D eigenvalue weighted by atomic mass is 16.4. The molecule has 1 fully saturated rings. The number of aliphatic carboxylic acids is 1. The third-order valence-corrected chi connectivity index (χ3v) is 4.03. The van der Waals surface area contributed by atoms with Crippen LogP contribution in [0.5, 0.6) is 0 Å². The first-order chi connectivity index (χ1) is 9.63. The first-order valence-corrected chi connectivity index (χ1v) is 7.00. The van der Waals surface area contributed by atoms with Gasteiger partial charge < -0.3 is 15.7 Å². The Morgan fingerprint density at radius 3 is 2.25 bits per heavy atom. The van der Waals surface area contributed by atoms with Crippen LogP contribution in [-0.2, 0) is 17.6 Å². The van der Waals surface area contributed by atoms with Gasteiger partial charge in [-0.2, -0.15) is 0 Å². The lowest BCUT2D eigenvalue weighted by Crippen LogP contribution is -2.50. The Morgan fingerprint density at radius 1 is 1.15 bits per heavy atom. The van der Waals surface area contributed by atoms with E-state index in [1.165, 1.54) is 11.1 Å². The summed E-state index contributed by atoms with van der Waals surface area (Å²) in [6, 6.07) is 7.06. The molecular weight excluding hydrogens is 256 g/mol. The van der Waals surface area contributed by atoms with Crippen LogP contribution in [0.1, 0.15) is 24.0 Å². The smallest absolute Gasteiger partial charge is 0.326 e. The number of nitrogens with one attached hydrogen (secondary N) is 2. The lowest BCUT2D eigenvalue weighted by Gasteiger charge is -2.17. The first-order valence-electron chi connectivity index (χ1n) is 7.00. The third-order valence-electron chi connectivity index (χ3n) is 4.03. The van der Waals surface area contributed by atoms with Crippen molar-refractivity contribution in [2.75, 3.05) is 0 Å². The van der Waals surface area contributed by atoms with Crippen LogP contribution in [0, 0.1) is 5.92 Å². The number of carbonyl (C=O) groups excluding carboxylic acids is 1. The summed E-state index contributed by atoms with van der Waals surface area (Å²) in [5, 5.41) is 14.6. The normalized spacial score (nSPS) is 19.2. The van der Waals surface area contributed by atoms with Crippen molar-refractivity contribution in [3.05, 3.63) is 35.4 Å². The molecule has 1 atom stereocenters. The van der Waals surface area contributed by atoms with Crippen molar-refractivity contribution in [1.29, 1.82) is 0 Å². The molecule has 0 aliphatic heterocycles. The van der Waals surface area contributed by atoms with E-state index in [0.29, 0.717) is 0 Å². The third kappa shape index (κ3) is 2.76. The van der Waals surface area contributed by atoms with Crippen LogP contribution in [0.2, 0.25) is 0 Å². The number of urea groups is 1. The fraction of sp³-hybridized carbons (Fsp3) is 0.467. The van der Waals surface area contributed by atoms with Gasteiger partial charge in [0.2, 0.25) is 0 Å². The SMILES string of the molecule is O=C(NC1Cc2ccccc2C1)NC(C(=O)O)C1CC1. The van der Waals surface area contributed by atoms with Crippen LogP contribution in [0.15, 0.2) is 24.3 Å². The highest BCUT2D eigenvalue weighted by Gasteiger charge is 2.37. The number of carboxylic acids is 1. The van der Waals surface area contributed by atoms with E-state index in [1.54, 1.807) is 0 Å². The molecule has 3 rings (SSSR count). The molecule has 1 aromatic rings. The van der Waals surface area contributed by atoms with E-state index < -0.39 is 12.0 Å². The Hall–Kier alpha value is -2.04. The topological polar surface area (TPSA) is 78.4 Å². The minimum atomic E-state index is -0.947. The predicted octanol–water partition coefficient (Wildman–Crippen LogP) is 1.32. The van der Waals surface area contributed by atoms with Gasteiger partial charge in [0.15, 0.2) is 0 Å². The Kier molecular flexibility index (Phi) is 3.34. The minimum absolute atomic E-state index is 0.0565. The number of carbonyl (C=O) groups is 2. The predicted molar refractivity (Wildman–Crippen MR) is 73.5 cm³/mol. The molecule has 2 aliphatic rings. The highest BCUT2D eigenvalue weighted by molar-refractivity contribution is 5.83. The summed E-state index contributed by atoms with van der Waals surface area (Å²) in [6.45, 7) is 0. The maximum Gasteiger partial charge on any atom is 0.326 e. The Morgan fingerprint density at radius 2 is 1.75 bits per heavy atom. The maximum absolute atomic E-state index is 11.9. The second-order valence-electron chi connectivity index (χ2n) is 5.65. The summed E-state index contributed by atoms with van der Waals surface area (Å²) < 4.78 is 0. The molecule has 106 valence electrons. The monoisotopic (exact) mass is 274 g/mol. The van der Waals surface area contributed by atoms with Gasteiger partial charge in [-0.05, 0) is 42.7 Å². The Balaban J connectivity index is 1.54. The zero-order chi connectivity index (χ0) is 14.1. The van der Waals surface area contributed by atoms with Crippen molar-refractivity contribution >= 4 is 12.0 Å². The summed E-state index contributed by atoms with van der Waals surface area (Å²) >= 11 is 0. The van der Waals surface area contributed by atoms with Crippen molar-refractivity contribution in [3.8, 4) is 0 Å². The van der Waals surface area contributed by atoms with E-state index in [1.807, 2.05) is 12.1 Å². The summed E-state index contributed by atoms with van der Waals surface area (Å²) in [6.07, 6.45) is 3.38. The van der Waals surface area contributed by atoms with Crippen LogP contribution in [0.3, 0.4) is 0 Å². The van der Waals surface area contributed by atoms with Crippen LogP contribution in [-0.4, -0.2) is 29.2 Å². The number of benzene rings is 1. The van der Waals surface area contributed by atoms with Gasteiger partial charge in [-0.1, -0.05) is 24.3 Å². The molecular formula is C15H18N2O3. The van der Waals surface area contributed by atoms with Gasteiger partial charge >= 0.3 is 12.0 Å². The molecule has 1 saturated carbocycles. The van der Waals surface area contributed by atoms with Crippen molar-refractivity contribution < 1.29 is 14.7 Å². The average Bonchev–Trinajstić information content (AvgIpc) is 3.15. The molecule has 2 aliphatic carbocycles. The fourth-order valence-electron chi connectivity index (χ4n) is 2.84. The summed E-state index contributed by atoms with van der Waals surface area (Å²) in [5.74, 6) is -0.851. The van der Waals surface area contributed by atoms with Gasteiger partial charge in [0.05, 0.1) is 0 Å². The minimum Gasteiger partial charge on any atom is -0.480 e. The largest absolute Gasteiger partial charge is 0.480 e. The number of hydrogen-bond donors (Lipinski definition) is 3. The van der Waals surface area contributed by atoms with Gasteiger partial charge in [-0.15, -0.1) is 0 Å². The molecule has 3 N–H and O–H groups in total. The standard InChI is InChI=1S/C15H18N2O3/c18-14(19)13(9-5-6-9)17-15(20)16-12-7-10-3-1-2-4-11(10)8-12/h1-4,9,12-13H,5-8H2,(H,18,19)(H2,16,17,20). The van der Waals surface area contributed by atoms with E-state index in [0.717, 1.165) is 25.7 Å². The van der Waals surface area contributed by atoms with Crippen LogP contribution < -0.4 is 10.6 Å². The fourth-order valence-corrected chi connectivity index (χ4v) is 2.84. The number of carboxylic acid groups (broad SMARTS) is 1. The summed E-state index contributed by atoms with van der Waals surface area (Å²) in [7, 11) is 0. The zero-order valence-corrected chi connectivity index (χ0v) is 11.1. The molecule has 2 amide bonds. The number of hydrogen-bond acceptors (Lipinski definition) is 2. The lowest BCUT2D eigenvalue weighted by molar-refractivity contribution is -0.139. The van der Waals surface area contributed by atoms with Gasteiger partial charge in [0, 0.05) is 6.04 Å². The number of fused-ring (bicyclic) bond motifs is 1. The molecule has 0 spiro atoms. The molecule has 20 heavy (non-hydrogen) atoms. The second-order valence-corrected chi connectivity index (χ2v) is 5.65. The Labute approximate surface area is 117 Å². The number of rotatable bonds is 4. The number of amides is 2. The van der Waals surface area contributed by atoms with Gasteiger partial charge in [0.25, 0.3) is 0 Å². The summed E-state index contributed by atoms with van der Waals surface area (Å²) in [5.41, 5.74) is 2.52. The molecule has 1 aromatic carbocycles. The zero-order valence-electron chi connectivity index (χ0n) is 11.1. The van der Waals surface area contributed by atoms with Gasteiger partial charge in [0.1, 0.15) is 6.04 Å². The van der Waals surface area contributed by atoms with E-state index in [4.69, 9.17) is 5.11 Å². The quantitative estimate of drug-likeness (QED) is 0.774. The molecule has 5 heteroatoms. The highest BCUT2D eigenvalue weighted by Crippen LogP contribution is 2.32. The van der Waals surface area contributed by atoms with Gasteiger partial charge in [-0.3, -0.25) is 0 Å².